The Morgan fingerprint density at radius 3 is 2.17 bits per heavy atom. The third kappa shape index (κ3) is 8.08. The molecule has 0 aliphatic rings. The van der Waals surface area contributed by atoms with Crippen molar-refractivity contribution in [3.8, 4) is 0 Å². The van der Waals surface area contributed by atoms with Gasteiger partial charge in [-0.1, -0.05) is 70.5 Å². The van der Waals surface area contributed by atoms with E-state index in [2.05, 4.69) is 19.2 Å². The van der Waals surface area contributed by atoms with Crippen LogP contribution in [0.15, 0.2) is 48.5 Å². The second-order valence-electron chi connectivity index (χ2n) is 9.53. The number of sulfonamides is 1. The number of hydrogen-bond donors (Lipinski definition) is 1. The lowest BCUT2D eigenvalue weighted by atomic mass is 10.0. The lowest BCUT2D eigenvalue weighted by Crippen LogP contribution is -2.52. The number of hydrogen-bond acceptors (Lipinski definition) is 4. The summed E-state index contributed by atoms with van der Waals surface area (Å²) in [5.74, 6) is -0.345. The van der Waals surface area contributed by atoms with Crippen LogP contribution >= 0.6 is 0 Å². The van der Waals surface area contributed by atoms with E-state index in [-0.39, 0.29) is 19.0 Å². The fourth-order valence-electron chi connectivity index (χ4n) is 4.04. The molecule has 0 fully saturated rings. The molecule has 7 nitrogen and oxygen atoms in total. The molecule has 36 heavy (non-hydrogen) atoms. The fraction of sp³-hybridized carbons (Fsp3) is 0.500. The van der Waals surface area contributed by atoms with Gasteiger partial charge in [0.2, 0.25) is 21.8 Å². The number of carbonyl (C=O) groups excluding carboxylic acids is 2. The van der Waals surface area contributed by atoms with Gasteiger partial charge >= 0.3 is 0 Å². The highest BCUT2D eigenvalue weighted by atomic mass is 32.2. The average Bonchev–Trinajstić information content (AvgIpc) is 2.83. The van der Waals surface area contributed by atoms with Crippen LogP contribution in [0.3, 0.4) is 0 Å². The maximum absolute atomic E-state index is 13.7. The number of anilines is 1. The molecule has 1 N–H and O–H groups in total. The van der Waals surface area contributed by atoms with Crippen molar-refractivity contribution in [1.29, 1.82) is 0 Å². The van der Waals surface area contributed by atoms with Gasteiger partial charge in [0.05, 0.1) is 11.9 Å². The van der Waals surface area contributed by atoms with E-state index in [1.165, 1.54) is 4.90 Å². The number of carbonyl (C=O) groups is 2. The highest BCUT2D eigenvalue weighted by Crippen LogP contribution is 2.23. The first kappa shape index (κ1) is 29.4. The summed E-state index contributed by atoms with van der Waals surface area (Å²) in [6.07, 6.45) is 3.30. The van der Waals surface area contributed by atoms with E-state index < -0.39 is 22.0 Å². The molecule has 0 aliphatic heterocycles. The number of unbranched alkanes of at least 4 members (excludes halogenated alkanes) is 1. The molecule has 0 bridgehead atoms. The van der Waals surface area contributed by atoms with Crippen molar-refractivity contribution in [3.63, 3.8) is 0 Å². The quantitative estimate of drug-likeness (QED) is 0.395. The number of nitrogens with one attached hydrogen (secondary N) is 1. The second-order valence-corrected chi connectivity index (χ2v) is 11.4. The molecule has 0 aliphatic carbocycles. The first-order chi connectivity index (χ1) is 17.0. The Balaban J connectivity index is 2.41. The van der Waals surface area contributed by atoms with E-state index in [4.69, 9.17) is 0 Å². The standard InChI is InChI=1S/C28H41N3O4S/c1-7-9-18-29-28(33)26(8-2)30(19-24-13-11-10-12-22(24)5)27(32)20-31(36(6,34)35)25-16-14-23(15-17-25)21(3)4/h10-17,21,26H,7-9,18-20H2,1-6H3,(H,29,33)/t26-/m1/s1. The SMILES string of the molecule is CCCCNC(=O)[C@@H](CC)N(Cc1ccccc1C)C(=O)CN(c1ccc(C(C)C)cc1)S(C)(=O)=O. The van der Waals surface area contributed by atoms with Gasteiger partial charge in [0.1, 0.15) is 12.6 Å². The normalized spacial score (nSPS) is 12.3. The average molecular weight is 516 g/mol. The maximum Gasteiger partial charge on any atom is 0.244 e. The number of amides is 2. The highest BCUT2D eigenvalue weighted by molar-refractivity contribution is 7.92. The van der Waals surface area contributed by atoms with Crippen molar-refractivity contribution in [1.82, 2.24) is 10.2 Å². The molecular formula is C28H41N3O4S. The zero-order chi connectivity index (χ0) is 26.9. The zero-order valence-electron chi connectivity index (χ0n) is 22.5. The van der Waals surface area contributed by atoms with E-state index in [0.717, 1.165) is 40.1 Å². The summed E-state index contributed by atoms with van der Waals surface area (Å²) in [6.45, 7) is 10.4. The van der Waals surface area contributed by atoms with Crippen LogP contribution in [0.5, 0.6) is 0 Å². The lowest BCUT2D eigenvalue weighted by Gasteiger charge is -2.33. The van der Waals surface area contributed by atoms with Gasteiger partial charge in [0.15, 0.2) is 0 Å². The second kappa shape index (κ2) is 13.4. The van der Waals surface area contributed by atoms with E-state index >= 15 is 0 Å². The summed E-state index contributed by atoms with van der Waals surface area (Å²) >= 11 is 0. The van der Waals surface area contributed by atoms with E-state index in [1.807, 2.05) is 57.2 Å². The third-order valence-electron chi connectivity index (χ3n) is 6.34. The van der Waals surface area contributed by atoms with E-state index in [9.17, 15) is 18.0 Å². The van der Waals surface area contributed by atoms with Crippen LogP contribution in [0.4, 0.5) is 5.69 Å². The Hall–Kier alpha value is -2.87. The molecule has 198 valence electrons. The first-order valence-corrected chi connectivity index (χ1v) is 14.5. The Kier molecular flexibility index (Phi) is 11.0. The Morgan fingerprint density at radius 1 is 1.00 bits per heavy atom. The first-order valence-electron chi connectivity index (χ1n) is 12.7. The number of rotatable bonds is 13. The van der Waals surface area contributed by atoms with Crippen molar-refractivity contribution in [3.05, 3.63) is 65.2 Å². The van der Waals surface area contributed by atoms with Crippen LogP contribution in [-0.2, 0) is 26.2 Å². The topological polar surface area (TPSA) is 86.8 Å². The van der Waals surface area contributed by atoms with Gasteiger partial charge in [-0.15, -0.1) is 0 Å². The van der Waals surface area contributed by atoms with Gasteiger partial charge in [-0.3, -0.25) is 13.9 Å². The number of nitrogens with zero attached hydrogens (tertiary/aromatic N) is 2. The molecule has 0 saturated carbocycles. The zero-order valence-corrected chi connectivity index (χ0v) is 23.3. The summed E-state index contributed by atoms with van der Waals surface area (Å²) in [7, 11) is -3.75. The van der Waals surface area contributed by atoms with Gasteiger partial charge in [-0.2, -0.15) is 0 Å². The summed E-state index contributed by atoms with van der Waals surface area (Å²) in [5, 5.41) is 2.94. The molecule has 0 spiro atoms. The van der Waals surface area contributed by atoms with Gasteiger partial charge < -0.3 is 10.2 Å². The summed E-state index contributed by atoms with van der Waals surface area (Å²) in [5.41, 5.74) is 3.42. The summed E-state index contributed by atoms with van der Waals surface area (Å²) in [6, 6.07) is 14.2. The minimum absolute atomic E-state index is 0.217. The van der Waals surface area contributed by atoms with Crippen LogP contribution in [0.1, 0.15) is 69.6 Å². The molecule has 0 heterocycles. The predicted octanol–water partition coefficient (Wildman–Crippen LogP) is 4.61. The molecular weight excluding hydrogens is 474 g/mol. The fourth-order valence-corrected chi connectivity index (χ4v) is 4.89. The minimum atomic E-state index is -3.75. The van der Waals surface area contributed by atoms with Gasteiger partial charge in [0, 0.05) is 13.1 Å². The van der Waals surface area contributed by atoms with Crippen molar-refractivity contribution >= 4 is 27.5 Å². The van der Waals surface area contributed by atoms with Gasteiger partial charge in [0.25, 0.3) is 0 Å². The van der Waals surface area contributed by atoms with Crippen molar-refractivity contribution in [2.45, 2.75) is 72.4 Å². The van der Waals surface area contributed by atoms with Gasteiger partial charge in [-0.25, -0.2) is 8.42 Å². The van der Waals surface area contributed by atoms with E-state index in [0.29, 0.717) is 24.6 Å². The molecule has 2 rings (SSSR count). The molecule has 2 amide bonds. The monoisotopic (exact) mass is 515 g/mol. The molecule has 0 radical (unpaired) electrons. The van der Waals surface area contributed by atoms with E-state index in [1.54, 1.807) is 12.1 Å². The van der Waals surface area contributed by atoms with Crippen LogP contribution in [0.2, 0.25) is 0 Å². The molecule has 2 aromatic carbocycles. The molecule has 1 atom stereocenters. The van der Waals surface area contributed by atoms with Crippen LogP contribution in [0, 0.1) is 6.92 Å². The Labute approximate surface area is 216 Å². The number of aryl methyl sites for hydroxylation is 1. The van der Waals surface area contributed by atoms with Gasteiger partial charge in [-0.05, 0) is 54.5 Å². The summed E-state index contributed by atoms with van der Waals surface area (Å²) in [4.78, 5) is 28.3. The summed E-state index contributed by atoms with van der Waals surface area (Å²) < 4.78 is 26.6. The largest absolute Gasteiger partial charge is 0.354 e. The van der Waals surface area contributed by atoms with Crippen molar-refractivity contribution in [2.75, 3.05) is 23.7 Å². The molecule has 0 saturated heterocycles. The van der Waals surface area contributed by atoms with Crippen molar-refractivity contribution < 1.29 is 18.0 Å². The van der Waals surface area contributed by atoms with Crippen molar-refractivity contribution in [2.24, 2.45) is 0 Å². The Bertz CT molecular complexity index is 1110. The molecule has 8 heteroatoms. The highest BCUT2D eigenvalue weighted by Gasteiger charge is 2.31. The predicted molar refractivity (Wildman–Crippen MR) is 146 cm³/mol. The minimum Gasteiger partial charge on any atom is -0.354 e. The molecule has 2 aromatic rings. The van der Waals surface area contributed by atoms with Crippen LogP contribution in [-0.4, -0.2) is 50.5 Å². The molecule has 0 unspecified atom stereocenters. The van der Waals surface area contributed by atoms with Crippen LogP contribution in [0.25, 0.3) is 0 Å². The molecule has 0 aromatic heterocycles. The number of benzene rings is 2. The third-order valence-corrected chi connectivity index (χ3v) is 7.48. The smallest absolute Gasteiger partial charge is 0.244 e. The Morgan fingerprint density at radius 2 is 1.64 bits per heavy atom. The lowest BCUT2D eigenvalue weighted by molar-refractivity contribution is -0.140. The maximum atomic E-state index is 13.7. The van der Waals surface area contributed by atoms with Crippen LogP contribution < -0.4 is 9.62 Å².